The predicted molar refractivity (Wildman–Crippen MR) is 78.7 cm³/mol. The Morgan fingerprint density at radius 3 is 2.45 bits per heavy atom. The topological polar surface area (TPSA) is 108 Å². The maximum atomic E-state index is 12.1. The first-order valence-electron chi connectivity index (χ1n) is 6.40. The van der Waals surface area contributed by atoms with E-state index in [1.807, 2.05) is 6.92 Å². The number of halogens is 1. The smallest absolute Gasteiger partial charge is 0.283 e. The molecule has 0 saturated heterocycles. The van der Waals surface area contributed by atoms with Gasteiger partial charge in [0.15, 0.2) is 0 Å². The van der Waals surface area contributed by atoms with Crippen LogP contribution in [0.5, 0.6) is 0 Å². The van der Waals surface area contributed by atoms with Crippen LogP contribution >= 0.6 is 15.9 Å². The summed E-state index contributed by atoms with van der Waals surface area (Å²) in [6.45, 7) is 1.11. The molecule has 0 aliphatic carbocycles. The highest BCUT2D eigenvalue weighted by Gasteiger charge is 2.29. The molecular weight excluding hydrogens is 330 g/mol. The van der Waals surface area contributed by atoms with Gasteiger partial charge >= 0.3 is 0 Å². The molecule has 1 heterocycles. The van der Waals surface area contributed by atoms with Gasteiger partial charge in [0.05, 0.1) is 31.7 Å². The normalized spacial score (nSPS) is 11.7. The minimum atomic E-state index is -1.30. The van der Waals surface area contributed by atoms with Crippen molar-refractivity contribution in [1.29, 1.82) is 0 Å². The summed E-state index contributed by atoms with van der Waals surface area (Å²) in [6, 6.07) is 0. The third kappa shape index (κ3) is 3.78. The molecule has 1 aromatic heterocycles. The maximum absolute atomic E-state index is 12.1. The quantitative estimate of drug-likeness (QED) is 0.523. The van der Waals surface area contributed by atoms with Crippen LogP contribution in [0.1, 0.15) is 19.8 Å². The first kappa shape index (κ1) is 17.1. The molecule has 0 saturated carbocycles. The zero-order chi connectivity index (χ0) is 15.2. The lowest BCUT2D eigenvalue weighted by molar-refractivity contribution is 0.0833. The summed E-state index contributed by atoms with van der Waals surface area (Å²) < 4.78 is 1.60. The second kappa shape index (κ2) is 7.72. The summed E-state index contributed by atoms with van der Waals surface area (Å²) in [7, 11) is 0. The van der Waals surface area contributed by atoms with E-state index in [1.165, 1.54) is 10.9 Å². The van der Waals surface area contributed by atoms with Crippen LogP contribution in [-0.2, 0) is 6.54 Å². The summed E-state index contributed by atoms with van der Waals surface area (Å²) in [5, 5.41) is 34.6. The van der Waals surface area contributed by atoms with Crippen molar-refractivity contribution in [1.82, 2.24) is 9.78 Å². The molecule has 20 heavy (non-hydrogen) atoms. The zero-order valence-electron chi connectivity index (χ0n) is 11.3. The summed E-state index contributed by atoms with van der Waals surface area (Å²) in [5.74, 6) is 0. The second-order valence-corrected chi connectivity index (χ2v) is 5.43. The molecule has 0 aliphatic rings. The fourth-order valence-corrected chi connectivity index (χ4v) is 1.98. The number of aliphatic hydroxyl groups is 3. The molecule has 0 spiro atoms. The van der Waals surface area contributed by atoms with Gasteiger partial charge in [0.2, 0.25) is 0 Å². The van der Waals surface area contributed by atoms with E-state index in [2.05, 4.69) is 26.3 Å². The second-order valence-electron chi connectivity index (χ2n) is 4.63. The van der Waals surface area contributed by atoms with E-state index >= 15 is 0 Å². The van der Waals surface area contributed by atoms with Gasteiger partial charge in [-0.3, -0.25) is 4.79 Å². The number of rotatable bonds is 8. The Morgan fingerprint density at radius 2 is 1.95 bits per heavy atom. The number of aromatic nitrogens is 2. The molecular formula is C12H20BrN3O4. The van der Waals surface area contributed by atoms with E-state index in [1.54, 1.807) is 0 Å². The standard InChI is InChI=1S/C12H20BrN3O4/c1-2-3-4-16-11(20)10(13)9(5-14-16)15-12(6-17,7-18)8-19/h5,15,17-19H,2-4,6-8H2,1H3. The first-order valence-corrected chi connectivity index (χ1v) is 7.19. The zero-order valence-corrected chi connectivity index (χ0v) is 12.9. The predicted octanol–water partition coefficient (Wildman–Crippen LogP) is -0.0665. The lowest BCUT2D eigenvalue weighted by Gasteiger charge is -2.30. The molecule has 1 aromatic rings. The van der Waals surface area contributed by atoms with E-state index in [9.17, 15) is 20.1 Å². The van der Waals surface area contributed by atoms with Gasteiger partial charge in [0.25, 0.3) is 5.56 Å². The summed E-state index contributed by atoms with van der Waals surface area (Å²) in [5.41, 5.74) is -1.28. The van der Waals surface area contributed by atoms with E-state index in [4.69, 9.17) is 0 Å². The third-order valence-corrected chi connectivity index (χ3v) is 3.78. The van der Waals surface area contributed by atoms with Crippen molar-refractivity contribution in [2.24, 2.45) is 0 Å². The lowest BCUT2D eigenvalue weighted by atomic mass is 10.0. The van der Waals surface area contributed by atoms with Crippen LogP contribution in [0, 0.1) is 0 Å². The Bertz CT molecular complexity index is 480. The third-order valence-electron chi connectivity index (χ3n) is 3.02. The Labute approximate surface area is 125 Å². The summed E-state index contributed by atoms with van der Waals surface area (Å²) >= 11 is 3.18. The molecule has 1 rings (SSSR count). The van der Waals surface area contributed by atoms with Gasteiger partial charge in [-0.25, -0.2) is 4.68 Å². The Morgan fingerprint density at radius 1 is 1.35 bits per heavy atom. The van der Waals surface area contributed by atoms with Crippen molar-refractivity contribution < 1.29 is 15.3 Å². The van der Waals surface area contributed by atoms with Crippen LogP contribution in [0.25, 0.3) is 0 Å². The molecule has 8 heteroatoms. The van der Waals surface area contributed by atoms with Crippen molar-refractivity contribution in [3.63, 3.8) is 0 Å². The van der Waals surface area contributed by atoms with Gasteiger partial charge < -0.3 is 20.6 Å². The van der Waals surface area contributed by atoms with Crippen molar-refractivity contribution in [3.05, 3.63) is 21.0 Å². The van der Waals surface area contributed by atoms with Gasteiger partial charge in [0, 0.05) is 6.54 Å². The largest absolute Gasteiger partial charge is 0.394 e. The fourth-order valence-electron chi connectivity index (χ4n) is 1.57. The van der Waals surface area contributed by atoms with Crippen LogP contribution in [-0.4, -0.2) is 50.5 Å². The van der Waals surface area contributed by atoms with Gasteiger partial charge in [-0.05, 0) is 22.4 Å². The van der Waals surface area contributed by atoms with Crippen LogP contribution < -0.4 is 10.9 Å². The van der Waals surface area contributed by atoms with Crippen molar-refractivity contribution in [2.45, 2.75) is 31.8 Å². The number of aryl methyl sites for hydroxylation is 1. The highest BCUT2D eigenvalue weighted by Crippen LogP contribution is 2.21. The molecule has 0 fully saturated rings. The molecule has 0 atom stereocenters. The van der Waals surface area contributed by atoms with Gasteiger partial charge in [0.1, 0.15) is 10.0 Å². The van der Waals surface area contributed by atoms with E-state index in [0.29, 0.717) is 12.2 Å². The first-order chi connectivity index (χ1) is 9.53. The van der Waals surface area contributed by atoms with Crippen LogP contribution in [0.2, 0.25) is 0 Å². The van der Waals surface area contributed by atoms with Crippen LogP contribution in [0.4, 0.5) is 5.69 Å². The monoisotopic (exact) mass is 349 g/mol. The molecule has 114 valence electrons. The van der Waals surface area contributed by atoms with E-state index in [-0.39, 0.29) is 10.0 Å². The number of anilines is 1. The number of hydrogen-bond donors (Lipinski definition) is 4. The van der Waals surface area contributed by atoms with Gasteiger partial charge in [-0.15, -0.1) is 0 Å². The fraction of sp³-hybridized carbons (Fsp3) is 0.667. The lowest BCUT2D eigenvalue weighted by Crippen LogP contribution is -2.49. The minimum Gasteiger partial charge on any atom is -0.394 e. The van der Waals surface area contributed by atoms with Crippen LogP contribution in [0.15, 0.2) is 15.5 Å². The van der Waals surface area contributed by atoms with Crippen molar-refractivity contribution >= 4 is 21.6 Å². The summed E-state index contributed by atoms with van der Waals surface area (Å²) in [4.78, 5) is 12.1. The van der Waals surface area contributed by atoms with E-state index in [0.717, 1.165) is 12.8 Å². The Balaban J connectivity index is 3.03. The van der Waals surface area contributed by atoms with Crippen molar-refractivity contribution in [3.8, 4) is 0 Å². The molecule has 0 unspecified atom stereocenters. The molecule has 0 radical (unpaired) electrons. The molecule has 0 amide bonds. The molecule has 0 aromatic carbocycles. The number of nitrogens with one attached hydrogen (secondary N) is 1. The Hall–Kier alpha value is -0.960. The molecule has 0 bridgehead atoms. The molecule has 4 N–H and O–H groups in total. The van der Waals surface area contributed by atoms with Crippen molar-refractivity contribution in [2.75, 3.05) is 25.1 Å². The number of hydrogen-bond acceptors (Lipinski definition) is 6. The van der Waals surface area contributed by atoms with Gasteiger partial charge in [-0.2, -0.15) is 5.10 Å². The number of nitrogens with zero attached hydrogens (tertiary/aromatic N) is 2. The highest BCUT2D eigenvalue weighted by molar-refractivity contribution is 9.10. The van der Waals surface area contributed by atoms with Crippen LogP contribution in [0.3, 0.4) is 0 Å². The number of aliphatic hydroxyl groups excluding tert-OH is 3. The SMILES string of the molecule is CCCCn1ncc(NC(CO)(CO)CO)c(Br)c1=O. The Kier molecular flexibility index (Phi) is 6.60. The van der Waals surface area contributed by atoms with Gasteiger partial charge in [-0.1, -0.05) is 13.3 Å². The molecule has 7 nitrogen and oxygen atoms in total. The highest BCUT2D eigenvalue weighted by atomic mass is 79.9. The average Bonchev–Trinajstić information content (AvgIpc) is 2.48. The minimum absolute atomic E-state index is 0.253. The summed E-state index contributed by atoms with van der Waals surface area (Å²) in [6.07, 6.45) is 3.23. The maximum Gasteiger partial charge on any atom is 0.283 e. The number of unbranched alkanes of at least 4 members (excludes halogenated alkanes) is 1. The average molecular weight is 350 g/mol. The van der Waals surface area contributed by atoms with E-state index < -0.39 is 25.4 Å². The molecule has 0 aliphatic heterocycles.